The van der Waals surface area contributed by atoms with Gasteiger partial charge in [0.05, 0.1) is 6.04 Å². The number of likely N-dealkylation sites (tertiary alicyclic amines) is 1. The van der Waals surface area contributed by atoms with Crippen LogP contribution in [0.5, 0.6) is 0 Å². The molecule has 0 N–H and O–H groups in total. The van der Waals surface area contributed by atoms with Crippen molar-refractivity contribution < 1.29 is 4.79 Å². The summed E-state index contributed by atoms with van der Waals surface area (Å²) in [5.41, 5.74) is 4.63. The lowest BCUT2D eigenvalue weighted by Gasteiger charge is -2.25. The van der Waals surface area contributed by atoms with Crippen molar-refractivity contribution in [3.05, 3.63) is 119 Å². The summed E-state index contributed by atoms with van der Waals surface area (Å²) in [6.07, 6.45) is 4.79. The summed E-state index contributed by atoms with van der Waals surface area (Å²) in [4.78, 5) is 15.2. The van der Waals surface area contributed by atoms with Crippen LogP contribution in [0.15, 0.2) is 103 Å². The Hall–Kier alpha value is -3.13. The van der Waals surface area contributed by atoms with Gasteiger partial charge in [-0.3, -0.25) is 4.79 Å². The van der Waals surface area contributed by atoms with E-state index in [1.165, 1.54) is 16.7 Å². The van der Waals surface area contributed by atoms with Crippen LogP contribution in [-0.4, -0.2) is 10.8 Å². The lowest BCUT2D eigenvalue weighted by atomic mass is 10.0. The van der Waals surface area contributed by atoms with Crippen LogP contribution in [0.3, 0.4) is 0 Å². The molecule has 1 heterocycles. The van der Waals surface area contributed by atoms with Crippen LogP contribution in [0.1, 0.15) is 35.6 Å². The maximum Gasteiger partial charge on any atom is 0.250 e. The van der Waals surface area contributed by atoms with Crippen molar-refractivity contribution >= 4 is 5.91 Å². The molecule has 140 valence electrons. The Labute approximate surface area is 167 Å². The molecule has 0 aliphatic carbocycles. The van der Waals surface area contributed by atoms with E-state index in [1.807, 2.05) is 35.2 Å². The van der Waals surface area contributed by atoms with E-state index in [2.05, 4.69) is 66.7 Å². The summed E-state index contributed by atoms with van der Waals surface area (Å²) in [5, 5.41) is 0. The minimum atomic E-state index is 0.108. The molecule has 1 aliphatic heterocycles. The van der Waals surface area contributed by atoms with Gasteiger partial charge in [0.15, 0.2) is 0 Å². The van der Waals surface area contributed by atoms with Gasteiger partial charge in [-0.25, -0.2) is 0 Å². The zero-order valence-corrected chi connectivity index (χ0v) is 16.0. The molecule has 1 aliphatic rings. The topological polar surface area (TPSA) is 20.3 Å². The second kappa shape index (κ2) is 8.71. The summed E-state index contributed by atoms with van der Waals surface area (Å²) in [6, 6.07) is 31.2. The van der Waals surface area contributed by atoms with Gasteiger partial charge in [-0.15, -0.1) is 0 Å². The van der Waals surface area contributed by atoms with Crippen molar-refractivity contribution in [1.82, 2.24) is 4.90 Å². The summed E-state index contributed by atoms with van der Waals surface area (Å²) in [7, 11) is 0. The maximum atomic E-state index is 13.2. The van der Waals surface area contributed by atoms with Gasteiger partial charge in [0.25, 0.3) is 0 Å². The summed E-state index contributed by atoms with van der Waals surface area (Å²) in [5.74, 6) is 0.172. The Kier molecular flexibility index (Phi) is 5.67. The van der Waals surface area contributed by atoms with E-state index in [1.54, 1.807) is 0 Å². The first-order chi connectivity index (χ1) is 13.8. The van der Waals surface area contributed by atoms with E-state index in [0.717, 1.165) is 24.8 Å². The van der Waals surface area contributed by atoms with Crippen molar-refractivity contribution in [2.24, 2.45) is 0 Å². The molecule has 1 saturated heterocycles. The molecule has 4 rings (SSSR count). The third-order valence-corrected chi connectivity index (χ3v) is 5.37. The highest BCUT2D eigenvalue weighted by atomic mass is 16.2. The Balaban J connectivity index is 1.54. The number of carbonyl (C=O) groups excluding carboxylic acids is 1. The van der Waals surface area contributed by atoms with Crippen molar-refractivity contribution in [3.63, 3.8) is 0 Å². The monoisotopic (exact) mass is 367 g/mol. The molecule has 1 unspecified atom stereocenters. The molecule has 0 saturated carbocycles. The quantitative estimate of drug-likeness (QED) is 0.510. The molecule has 0 spiro atoms. The molecule has 1 amide bonds. The Morgan fingerprint density at radius 2 is 1.36 bits per heavy atom. The highest BCUT2D eigenvalue weighted by molar-refractivity contribution is 5.96. The Bertz CT molecular complexity index is 932. The summed E-state index contributed by atoms with van der Waals surface area (Å²) >= 11 is 0. The molecule has 0 bridgehead atoms. The molecule has 3 aromatic rings. The molecule has 2 heteroatoms. The Morgan fingerprint density at radius 3 is 2.00 bits per heavy atom. The van der Waals surface area contributed by atoms with Crippen LogP contribution >= 0.6 is 0 Å². The third kappa shape index (κ3) is 4.23. The predicted octanol–water partition coefficient (Wildman–Crippen LogP) is 5.72. The van der Waals surface area contributed by atoms with Gasteiger partial charge in [0, 0.05) is 18.5 Å². The standard InChI is InChI=1S/C26H25NO/c28-26-24(18-10-15-21-11-4-1-5-12-21)19-25(23-16-8-3-9-17-23)27(26)20-22-13-6-2-7-14-22/h1-9,11-14,16-18,25H,10,15,19-20H2/b24-18+. The molecule has 2 nitrogen and oxygen atoms in total. The first-order valence-corrected chi connectivity index (χ1v) is 9.94. The van der Waals surface area contributed by atoms with E-state index in [9.17, 15) is 4.79 Å². The fourth-order valence-electron chi connectivity index (χ4n) is 3.90. The van der Waals surface area contributed by atoms with Crippen LogP contribution < -0.4 is 0 Å². The zero-order chi connectivity index (χ0) is 19.2. The number of benzene rings is 3. The highest BCUT2D eigenvalue weighted by Crippen LogP contribution is 2.37. The number of carbonyl (C=O) groups is 1. The first kappa shape index (κ1) is 18.2. The van der Waals surface area contributed by atoms with Gasteiger partial charge in [-0.2, -0.15) is 0 Å². The zero-order valence-electron chi connectivity index (χ0n) is 16.0. The molecule has 0 aromatic heterocycles. The molecular formula is C26H25NO. The van der Waals surface area contributed by atoms with E-state index < -0.39 is 0 Å². The van der Waals surface area contributed by atoms with E-state index in [-0.39, 0.29) is 11.9 Å². The van der Waals surface area contributed by atoms with Gasteiger partial charge in [-0.05, 0) is 29.5 Å². The molecule has 28 heavy (non-hydrogen) atoms. The molecule has 3 aromatic carbocycles. The van der Waals surface area contributed by atoms with E-state index in [0.29, 0.717) is 6.54 Å². The minimum Gasteiger partial charge on any atom is -0.327 e. The van der Waals surface area contributed by atoms with Gasteiger partial charge in [0.2, 0.25) is 5.91 Å². The van der Waals surface area contributed by atoms with Crippen molar-refractivity contribution in [1.29, 1.82) is 0 Å². The number of amides is 1. The Morgan fingerprint density at radius 1 is 0.786 bits per heavy atom. The molecule has 1 atom stereocenters. The molecular weight excluding hydrogens is 342 g/mol. The van der Waals surface area contributed by atoms with Crippen LogP contribution in [0.4, 0.5) is 0 Å². The smallest absolute Gasteiger partial charge is 0.250 e. The largest absolute Gasteiger partial charge is 0.327 e. The van der Waals surface area contributed by atoms with Crippen LogP contribution in [-0.2, 0) is 17.8 Å². The van der Waals surface area contributed by atoms with Crippen molar-refractivity contribution in [2.75, 3.05) is 0 Å². The number of allylic oxidation sites excluding steroid dienone is 1. The van der Waals surface area contributed by atoms with Crippen LogP contribution in [0.2, 0.25) is 0 Å². The average Bonchev–Trinajstić information content (AvgIpc) is 3.06. The number of aryl methyl sites for hydroxylation is 1. The van der Waals surface area contributed by atoms with Gasteiger partial charge < -0.3 is 4.90 Å². The maximum absolute atomic E-state index is 13.2. The van der Waals surface area contributed by atoms with Gasteiger partial charge >= 0.3 is 0 Å². The number of hydrogen-bond donors (Lipinski definition) is 0. The summed E-state index contributed by atoms with van der Waals surface area (Å²) < 4.78 is 0. The van der Waals surface area contributed by atoms with Crippen molar-refractivity contribution in [2.45, 2.75) is 31.8 Å². The van der Waals surface area contributed by atoms with Gasteiger partial charge in [-0.1, -0.05) is 97.1 Å². The lowest BCUT2D eigenvalue weighted by molar-refractivity contribution is -0.126. The number of nitrogens with zero attached hydrogens (tertiary/aromatic N) is 1. The minimum absolute atomic E-state index is 0.108. The average molecular weight is 367 g/mol. The highest BCUT2D eigenvalue weighted by Gasteiger charge is 2.35. The first-order valence-electron chi connectivity index (χ1n) is 9.94. The third-order valence-electron chi connectivity index (χ3n) is 5.37. The molecule has 1 fully saturated rings. The fraction of sp³-hybridized carbons (Fsp3) is 0.192. The predicted molar refractivity (Wildman–Crippen MR) is 114 cm³/mol. The number of rotatable bonds is 6. The lowest BCUT2D eigenvalue weighted by Crippen LogP contribution is -2.27. The number of hydrogen-bond acceptors (Lipinski definition) is 1. The fourth-order valence-corrected chi connectivity index (χ4v) is 3.90. The van der Waals surface area contributed by atoms with Crippen molar-refractivity contribution in [3.8, 4) is 0 Å². The SMILES string of the molecule is O=C1/C(=C/CCc2ccccc2)CC(c2ccccc2)N1Cc1ccccc1. The second-order valence-electron chi connectivity index (χ2n) is 7.30. The molecule has 0 radical (unpaired) electrons. The van der Waals surface area contributed by atoms with Crippen LogP contribution in [0, 0.1) is 0 Å². The second-order valence-corrected chi connectivity index (χ2v) is 7.30. The van der Waals surface area contributed by atoms with Crippen LogP contribution in [0.25, 0.3) is 0 Å². The van der Waals surface area contributed by atoms with Gasteiger partial charge in [0.1, 0.15) is 0 Å². The van der Waals surface area contributed by atoms with E-state index >= 15 is 0 Å². The normalized spacial score (nSPS) is 18.0. The van der Waals surface area contributed by atoms with E-state index in [4.69, 9.17) is 0 Å². The summed E-state index contributed by atoms with van der Waals surface area (Å²) in [6.45, 7) is 0.648.